The van der Waals surface area contributed by atoms with Crippen LogP contribution in [0.5, 0.6) is 5.75 Å². The highest BCUT2D eigenvalue weighted by Gasteiger charge is 2.31. The number of aliphatic hydroxyl groups is 1. The number of aliphatic hydroxyl groups excluding tert-OH is 1. The lowest BCUT2D eigenvalue weighted by atomic mass is 10.1. The Morgan fingerprint density at radius 1 is 1.37 bits per heavy atom. The number of ether oxygens (including phenoxy) is 1. The molecule has 0 radical (unpaired) electrons. The monoisotopic (exact) mass is 285 g/mol. The van der Waals surface area contributed by atoms with Gasteiger partial charge in [0.15, 0.2) is 0 Å². The van der Waals surface area contributed by atoms with E-state index in [-0.39, 0.29) is 23.5 Å². The molecule has 1 aliphatic carbocycles. The molecule has 2 unspecified atom stereocenters. The maximum Gasteiger partial charge on any atom is 0.244 e. The average Bonchev–Trinajstić information content (AvgIpc) is 2.85. The normalized spacial score (nSPS) is 23.5. The number of rotatable bonds is 5. The highest BCUT2D eigenvalue weighted by Crippen LogP contribution is 2.28. The van der Waals surface area contributed by atoms with Gasteiger partial charge in [-0.15, -0.1) is 0 Å². The molecule has 1 aliphatic rings. The summed E-state index contributed by atoms with van der Waals surface area (Å²) in [6, 6.07) is 6.33. The van der Waals surface area contributed by atoms with E-state index < -0.39 is 10.0 Å². The second kappa shape index (κ2) is 5.90. The van der Waals surface area contributed by atoms with Crippen LogP contribution in [0.4, 0.5) is 0 Å². The minimum Gasteiger partial charge on any atom is -0.495 e. The topological polar surface area (TPSA) is 75.6 Å². The Morgan fingerprint density at radius 2 is 2.11 bits per heavy atom. The van der Waals surface area contributed by atoms with Gasteiger partial charge >= 0.3 is 0 Å². The van der Waals surface area contributed by atoms with Gasteiger partial charge in [0.25, 0.3) is 0 Å². The first-order valence-electron chi connectivity index (χ1n) is 6.34. The largest absolute Gasteiger partial charge is 0.495 e. The molecular weight excluding hydrogens is 266 g/mol. The minimum atomic E-state index is -3.62. The van der Waals surface area contributed by atoms with Crippen LogP contribution in [-0.4, -0.2) is 33.3 Å². The van der Waals surface area contributed by atoms with Crippen molar-refractivity contribution in [1.29, 1.82) is 0 Å². The van der Waals surface area contributed by atoms with Crippen LogP contribution >= 0.6 is 0 Å². The molecule has 0 aromatic heterocycles. The van der Waals surface area contributed by atoms with E-state index in [0.29, 0.717) is 5.75 Å². The van der Waals surface area contributed by atoms with Gasteiger partial charge in [0.1, 0.15) is 10.6 Å². The maximum absolute atomic E-state index is 12.4. The Labute approximate surface area is 113 Å². The third-order valence-corrected chi connectivity index (χ3v) is 5.09. The predicted molar refractivity (Wildman–Crippen MR) is 71.5 cm³/mol. The second-order valence-electron chi connectivity index (χ2n) is 4.75. The number of nitrogens with one attached hydrogen (secondary N) is 1. The molecule has 6 heteroatoms. The van der Waals surface area contributed by atoms with Crippen molar-refractivity contribution in [2.24, 2.45) is 5.92 Å². The Hall–Kier alpha value is -1.11. The summed E-state index contributed by atoms with van der Waals surface area (Å²) >= 11 is 0. The zero-order valence-electron chi connectivity index (χ0n) is 10.9. The van der Waals surface area contributed by atoms with Crippen molar-refractivity contribution in [3.05, 3.63) is 24.3 Å². The number of methoxy groups -OCH3 is 1. The second-order valence-corrected chi connectivity index (χ2v) is 6.43. The van der Waals surface area contributed by atoms with Crippen molar-refractivity contribution in [1.82, 2.24) is 4.72 Å². The van der Waals surface area contributed by atoms with E-state index in [1.165, 1.54) is 13.2 Å². The summed E-state index contributed by atoms with van der Waals surface area (Å²) in [5.74, 6) is 0.332. The molecule has 2 N–H and O–H groups in total. The molecule has 0 saturated heterocycles. The molecule has 2 atom stereocenters. The van der Waals surface area contributed by atoms with Gasteiger partial charge in [-0.05, 0) is 30.9 Å². The van der Waals surface area contributed by atoms with E-state index in [9.17, 15) is 13.5 Å². The van der Waals surface area contributed by atoms with Crippen molar-refractivity contribution >= 4 is 10.0 Å². The first kappa shape index (κ1) is 14.3. The van der Waals surface area contributed by atoms with Crippen LogP contribution in [-0.2, 0) is 10.0 Å². The van der Waals surface area contributed by atoms with Gasteiger partial charge < -0.3 is 9.84 Å². The first-order chi connectivity index (χ1) is 9.08. The van der Waals surface area contributed by atoms with Crippen molar-refractivity contribution in [3.8, 4) is 5.75 Å². The Morgan fingerprint density at radius 3 is 2.79 bits per heavy atom. The third kappa shape index (κ3) is 3.08. The minimum absolute atomic E-state index is 0.00415. The van der Waals surface area contributed by atoms with E-state index >= 15 is 0 Å². The average molecular weight is 285 g/mol. The number of hydrogen-bond donors (Lipinski definition) is 2. The number of hydrogen-bond acceptors (Lipinski definition) is 4. The molecule has 0 bridgehead atoms. The lowest BCUT2D eigenvalue weighted by Crippen LogP contribution is -2.38. The maximum atomic E-state index is 12.4. The zero-order valence-corrected chi connectivity index (χ0v) is 11.7. The van der Waals surface area contributed by atoms with E-state index in [0.717, 1.165) is 19.3 Å². The molecule has 1 aromatic carbocycles. The summed E-state index contributed by atoms with van der Waals surface area (Å²) in [5.41, 5.74) is 0. The van der Waals surface area contributed by atoms with E-state index in [1.807, 2.05) is 0 Å². The number of benzene rings is 1. The molecular formula is C13H19NO4S. The lowest BCUT2D eigenvalue weighted by Gasteiger charge is -2.19. The van der Waals surface area contributed by atoms with Gasteiger partial charge in [-0.2, -0.15) is 0 Å². The summed E-state index contributed by atoms with van der Waals surface area (Å²) in [7, 11) is -2.17. The summed E-state index contributed by atoms with van der Waals surface area (Å²) < 4.78 is 32.5. The Kier molecular flexibility index (Phi) is 4.44. The molecule has 0 heterocycles. The first-order valence-corrected chi connectivity index (χ1v) is 7.83. The Bertz CT molecular complexity index is 529. The van der Waals surface area contributed by atoms with Gasteiger partial charge in [-0.3, -0.25) is 0 Å². The standard InChI is InChI=1S/C13H19NO4S/c1-18-12-7-2-3-8-13(12)19(16,17)14-11-6-4-5-10(11)9-15/h2-3,7-8,10-11,14-15H,4-6,9H2,1H3. The van der Waals surface area contributed by atoms with Crippen LogP contribution in [0, 0.1) is 5.92 Å². The highest BCUT2D eigenvalue weighted by molar-refractivity contribution is 7.89. The van der Waals surface area contributed by atoms with Crippen molar-refractivity contribution in [2.75, 3.05) is 13.7 Å². The lowest BCUT2D eigenvalue weighted by molar-refractivity contribution is 0.213. The van der Waals surface area contributed by atoms with Crippen LogP contribution in [0.1, 0.15) is 19.3 Å². The molecule has 5 nitrogen and oxygen atoms in total. The number of sulfonamides is 1. The van der Waals surface area contributed by atoms with Gasteiger partial charge in [0.2, 0.25) is 10.0 Å². The summed E-state index contributed by atoms with van der Waals surface area (Å²) in [6.07, 6.45) is 2.56. The van der Waals surface area contributed by atoms with Crippen LogP contribution in [0.25, 0.3) is 0 Å². The van der Waals surface area contributed by atoms with Crippen molar-refractivity contribution in [2.45, 2.75) is 30.2 Å². The molecule has 2 rings (SSSR count). The predicted octanol–water partition coefficient (Wildman–Crippen LogP) is 1.13. The Balaban J connectivity index is 2.23. The fraction of sp³-hybridized carbons (Fsp3) is 0.538. The highest BCUT2D eigenvalue weighted by atomic mass is 32.2. The van der Waals surface area contributed by atoms with Crippen LogP contribution in [0.3, 0.4) is 0 Å². The smallest absolute Gasteiger partial charge is 0.244 e. The summed E-state index contributed by atoms with van der Waals surface area (Å²) in [5, 5.41) is 9.25. The van der Waals surface area contributed by atoms with Gasteiger partial charge in [0, 0.05) is 12.6 Å². The summed E-state index contributed by atoms with van der Waals surface area (Å²) in [4.78, 5) is 0.140. The fourth-order valence-electron chi connectivity index (χ4n) is 2.51. The van der Waals surface area contributed by atoms with Crippen LogP contribution in [0.2, 0.25) is 0 Å². The van der Waals surface area contributed by atoms with Crippen molar-refractivity contribution in [3.63, 3.8) is 0 Å². The molecule has 0 spiro atoms. The molecule has 19 heavy (non-hydrogen) atoms. The van der Waals surface area contributed by atoms with Gasteiger partial charge in [-0.25, -0.2) is 13.1 Å². The quantitative estimate of drug-likeness (QED) is 0.850. The molecule has 1 aromatic rings. The molecule has 0 aliphatic heterocycles. The van der Waals surface area contributed by atoms with E-state index in [4.69, 9.17) is 4.74 Å². The zero-order chi connectivity index (χ0) is 13.9. The molecule has 1 fully saturated rings. The fourth-order valence-corrected chi connectivity index (χ4v) is 4.02. The van der Waals surface area contributed by atoms with E-state index in [1.54, 1.807) is 18.2 Å². The van der Waals surface area contributed by atoms with Crippen molar-refractivity contribution < 1.29 is 18.3 Å². The molecule has 0 amide bonds. The van der Waals surface area contributed by atoms with Gasteiger partial charge in [0.05, 0.1) is 7.11 Å². The third-order valence-electron chi connectivity index (χ3n) is 3.56. The number of para-hydroxylation sites is 1. The SMILES string of the molecule is COc1ccccc1S(=O)(=O)NC1CCCC1CO. The molecule has 1 saturated carbocycles. The van der Waals surface area contributed by atoms with Crippen LogP contribution in [0.15, 0.2) is 29.2 Å². The van der Waals surface area contributed by atoms with Gasteiger partial charge in [-0.1, -0.05) is 18.6 Å². The summed E-state index contributed by atoms with van der Waals surface area (Å²) in [6.45, 7) is 0.0130. The molecule has 106 valence electrons. The van der Waals surface area contributed by atoms with E-state index in [2.05, 4.69) is 4.72 Å². The van der Waals surface area contributed by atoms with Crippen LogP contribution < -0.4 is 9.46 Å².